The average Bonchev–Trinajstić information content (AvgIpc) is 2.49. The van der Waals surface area contributed by atoms with Crippen molar-refractivity contribution < 1.29 is 4.79 Å². The SMILES string of the molecule is O=C(Cn1nc2c(cc1=O)CCCC2)NC1CCCCC1. The molecule has 1 N–H and O–H groups in total. The highest BCUT2D eigenvalue weighted by Crippen LogP contribution is 2.18. The Hall–Kier alpha value is -1.65. The molecule has 0 radical (unpaired) electrons. The Morgan fingerprint density at radius 1 is 1.19 bits per heavy atom. The lowest BCUT2D eigenvalue weighted by Gasteiger charge is -2.23. The summed E-state index contributed by atoms with van der Waals surface area (Å²) in [6.45, 7) is 0.0443. The second kappa shape index (κ2) is 6.41. The molecule has 0 aromatic carbocycles. The summed E-state index contributed by atoms with van der Waals surface area (Å²) >= 11 is 0. The lowest BCUT2D eigenvalue weighted by Crippen LogP contribution is -2.40. The number of carbonyl (C=O) groups is 1. The van der Waals surface area contributed by atoms with Crippen LogP contribution in [0.25, 0.3) is 0 Å². The number of nitrogens with zero attached hydrogens (tertiary/aromatic N) is 2. The van der Waals surface area contributed by atoms with Gasteiger partial charge in [0, 0.05) is 12.1 Å². The summed E-state index contributed by atoms with van der Waals surface area (Å²) in [5, 5.41) is 7.43. The minimum atomic E-state index is -0.158. The molecule has 0 bridgehead atoms. The molecule has 2 aliphatic rings. The Bertz CT molecular complexity index is 573. The van der Waals surface area contributed by atoms with Crippen LogP contribution in [0.2, 0.25) is 0 Å². The van der Waals surface area contributed by atoms with E-state index in [2.05, 4.69) is 10.4 Å². The van der Waals surface area contributed by atoms with Crippen LogP contribution in [-0.2, 0) is 24.2 Å². The molecule has 5 nitrogen and oxygen atoms in total. The number of fused-ring (bicyclic) bond motifs is 1. The van der Waals surface area contributed by atoms with Crippen molar-refractivity contribution in [3.63, 3.8) is 0 Å². The van der Waals surface area contributed by atoms with Crippen LogP contribution in [0.15, 0.2) is 10.9 Å². The number of aromatic nitrogens is 2. The predicted octanol–water partition coefficient (Wildman–Crippen LogP) is 1.57. The van der Waals surface area contributed by atoms with E-state index in [1.54, 1.807) is 6.07 Å². The van der Waals surface area contributed by atoms with Crippen molar-refractivity contribution in [1.29, 1.82) is 0 Å². The number of rotatable bonds is 3. The minimum Gasteiger partial charge on any atom is -0.352 e. The first-order valence-electron chi connectivity index (χ1n) is 8.11. The molecular weight excluding hydrogens is 266 g/mol. The number of carbonyl (C=O) groups excluding carboxylic acids is 1. The summed E-state index contributed by atoms with van der Waals surface area (Å²) in [5.41, 5.74) is 1.90. The molecule has 0 aliphatic heterocycles. The van der Waals surface area contributed by atoms with E-state index in [9.17, 15) is 9.59 Å². The summed E-state index contributed by atoms with van der Waals surface area (Å²) in [5.74, 6) is -0.0905. The van der Waals surface area contributed by atoms with Crippen LogP contribution < -0.4 is 10.9 Å². The third-order valence-electron chi connectivity index (χ3n) is 4.54. The Morgan fingerprint density at radius 3 is 2.76 bits per heavy atom. The zero-order valence-electron chi connectivity index (χ0n) is 12.4. The van der Waals surface area contributed by atoms with Gasteiger partial charge in [0.05, 0.1) is 5.69 Å². The molecule has 2 aliphatic carbocycles. The number of nitrogens with one attached hydrogen (secondary N) is 1. The summed E-state index contributed by atoms with van der Waals surface area (Å²) in [6, 6.07) is 1.94. The van der Waals surface area contributed by atoms with Crippen molar-refractivity contribution in [3.8, 4) is 0 Å². The van der Waals surface area contributed by atoms with Crippen LogP contribution in [0.5, 0.6) is 0 Å². The van der Waals surface area contributed by atoms with E-state index in [4.69, 9.17) is 0 Å². The van der Waals surface area contributed by atoms with Crippen LogP contribution in [0.4, 0.5) is 0 Å². The van der Waals surface area contributed by atoms with Crippen molar-refractivity contribution >= 4 is 5.91 Å². The Labute approximate surface area is 124 Å². The topological polar surface area (TPSA) is 64.0 Å². The van der Waals surface area contributed by atoms with Gasteiger partial charge >= 0.3 is 0 Å². The third-order valence-corrected chi connectivity index (χ3v) is 4.54. The van der Waals surface area contributed by atoms with Gasteiger partial charge in [0.2, 0.25) is 5.91 Å². The van der Waals surface area contributed by atoms with Crippen molar-refractivity contribution in [3.05, 3.63) is 27.7 Å². The van der Waals surface area contributed by atoms with E-state index < -0.39 is 0 Å². The first-order chi connectivity index (χ1) is 10.2. The Balaban J connectivity index is 1.66. The van der Waals surface area contributed by atoms with E-state index in [0.29, 0.717) is 0 Å². The molecule has 0 atom stereocenters. The molecule has 0 saturated heterocycles. The lowest BCUT2D eigenvalue weighted by atomic mass is 9.95. The number of hydrogen-bond donors (Lipinski definition) is 1. The second-order valence-corrected chi connectivity index (χ2v) is 6.22. The maximum atomic E-state index is 12.1. The molecule has 1 fully saturated rings. The van der Waals surface area contributed by atoms with Gasteiger partial charge in [0.25, 0.3) is 5.56 Å². The van der Waals surface area contributed by atoms with Gasteiger partial charge < -0.3 is 5.32 Å². The van der Waals surface area contributed by atoms with Crippen molar-refractivity contribution in [1.82, 2.24) is 15.1 Å². The molecule has 1 aromatic heterocycles. The summed E-state index contributed by atoms with van der Waals surface area (Å²) in [6.07, 6.45) is 9.83. The zero-order valence-corrected chi connectivity index (χ0v) is 12.4. The molecule has 1 aromatic rings. The predicted molar refractivity (Wildman–Crippen MR) is 80.2 cm³/mol. The molecule has 0 spiro atoms. The summed E-state index contributed by atoms with van der Waals surface area (Å²) < 4.78 is 1.32. The zero-order chi connectivity index (χ0) is 14.7. The fraction of sp³-hybridized carbons (Fsp3) is 0.688. The van der Waals surface area contributed by atoms with Gasteiger partial charge in [-0.2, -0.15) is 5.10 Å². The molecule has 21 heavy (non-hydrogen) atoms. The maximum Gasteiger partial charge on any atom is 0.267 e. The smallest absolute Gasteiger partial charge is 0.267 e. The van der Waals surface area contributed by atoms with Crippen molar-refractivity contribution in [2.45, 2.75) is 70.4 Å². The highest BCUT2D eigenvalue weighted by molar-refractivity contribution is 5.75. The third kappa shape index (κ3) is 3.52. The van der Waals surface area contributed by atoms with Gasteiger partial charge in [0.1, 0.15) is 6.54 Å². The highest BCUT2D eigenvalue weighted by Gasteiger charge is 2.18. The van der Waals surface area contributed by atoms with Gasteiger partial charge in [-0.05, 0) is 44.1 Å². The number of aryl methyl sites for hydroxylation is 2. The van der Waals surface area contributed by atoms with Crippen molar-refractivity contribution in [2.75, 3.05) is 0 Å². The van der Waals surface area contributed by atoms with E-state index in [1.807, 2.05) is 0 Å². The van der Waals surface area contributed by atoms with Gasteiger partial charge in [0.15, 0.2) is 0 Å². The lowest BCUT2D eigenvalue weighted by molar-refractivity contribution is -0.122. The summed E-state index contributed by atoms with van der Waals surface area (Å²) in [7, 11) is 0. The van der Waals surface area contributed by atoms with E-state index in [1.165, 1.54) is 23.9 Å². The van der Waals surface area contributed by atoms with Crippen LogP contribution >= 0.6 is 0 Å². The van der Waals surface area contributed by atoms with Gasteiger partial charge in [-0.25, -0.2) is 4.68 Å². The fourth-order valence-electron chi connectivity index (χ4n) is 3.37. The highest BCUT2D eigenvalue weighted by atomic mass is 16.2. The number of hydrogen-bond acceptors (Lipinski definition) is 3. The summed E-state index contributed by atoms with van der Waals surface area (Å²) in [4.78, 5) is 24.1. The molecular formula is C16H23N3O2. The van der Waals surface area contributed by atoms with Gasteiger partial charge in [-0.15, -0.1) is 0 Å². The van der Waals surface area contributed by atoms with E-state index in [0.717, 1.165) is 49.8 Å². The molecule has 5 heteroatoms. The van der Waals surface area contributed by atoms with Crippen LogP contribution in [0.3, 0.4) is 0 Å². The quantitative estimate of drug-likeness (QED) is 0.918. The van der Waals surface area contributed by atoms with Crippen LogP contribution in [-0.4, -0.2) is 21.7 Å². The van der Waals surface area contributed by atoms with Crippen molar-refractivity contribution in [2.24, 2.45) is 0 Å². The van der Waals surface area contributed by atoms with E-state index >= 15 is 0 Å². The maximum absolute atomic E-state index is 12.1. The molecule has 1 amide bonds. The Kier molecular flexibility index (Phi) is 4.36. The van der Waals surface area contributed by atoms with Gasteiger partial charge in [-0.3, -0.25) is 9.59 Å². The molecule has 0 unspecified atom stereocenters. The first-order valence-corrected chi connectivity index (χ1v) is 8.11. The van der Waals surface area contributed by atoms with Gasteiger partial charge in [-0.1, -0.05) is 19.3 Å². The molecule has 1 heterocycles. The average molecular weight is 289 g/mol. The minimum absolute atomic E-state index is 0.0443. The second-order valence-electron chi connectivity index (χ2n) is 6.22. The normalized spacial score (nSPS) is 19.0. The monoisotopic (exact) mass is 289 g/mol. The molecule has 3 rings (SSSR count). The fourth-order valence-corrected chi connectivity index (χ4v) is 3.37. The Morgan fingerprint density at radius 2 is 1.95 bits per heavy atom. The number of amides is 1. The van der Waals surface area contributed by atoms with E-state index in [-0.39, 0.29) is 24.1 Å². The largest absolute Gasteiger partial charge is 0.352 e. The standard InChI is InChI=1S/C16H23N3O2/c20-15(17-13-7-2-1-3-8-13)11-19-16(21)10-12-6-4-5-9-14(12)18-19/h10,13H,1-9,11H2,(H,17,20). The van der Waals surface area contributed by atoms with Crippen LogP contribution in [0, 0.1) is 0 Å². The first kappa shape index (κ1) is 14.3. The van der Waals surface area contributed by atoms with Crippen LogP contribution in [0.1, 0.15) is 56.2 Å². The molecule has 1 saturated carbocycles. The molecule has 114 valence electrons.